The second-order valence-electron chi connectivity index (χ2n) is 4.12. The summed E-state index contributed by atoms with van der Waals surface area (Å²) in [7, 11) is 0. The molecule has 0 radical (unpaired) electrons. The van der Waals surface area contributed by atoms with Crippen LogP contribution in [-0.4, -0.2) is 23.4 Å². The molecule has 1 rings (SSSR count). The van der Waals surface area contributed by atoms with Crippen LogP contribution in [0.3, 0.4) is 0 Å². The van der Waals surface area contributed by atoms with Crippen LogP contribution in [0.2, 0.25) is 0 Å². The van der Waals surface area contributed by atoms with Gasteiger partial charge in [-0.15, -0.1) is 12.3 Å². The lowest BCUT2D eigenvalue weighted by molar-refractivity contribution is -0.132. The Labute approximate surface area is 111 Å². The summed E-state index contributed by atoms with van der Waals surface area (Å²) in [5.74, 6) is 0.174. The molecule has 0 heterocycles. The van der Waals surface area contributed by atoms with Crippen molar-refractivity contribution in [3.8, 4) is 12.3 Å². The SMILES string of the molecule is C#CCC(N)C(=O)N(CC)Cc1ccc(F)c(F)c1. The number of halogens is 2. The Balaban J connectivity index is 2.79. The molecule has 1 aromatic carbocycles. The van der Waals surface area contributed by atoms with Gasteiger partial charge in [-0.05, 0) is 24.6 Å². The average Bonchev–Trinajstić information content (AvgIpc) is 2.39. The highest BCUT2D eigenvalue weighted by Gasteiger charge is 2.19. The number of nitrogens with zero attached hydrogens (tertiary/aromatic N) is 1. The van der Waals surface area contributed by atoms with Crippen LogP contribution >= 0.6 is 0 Å². The summed E-state index contributed by atoms with van der Waals surface area (Å²) in [5.41, 5.74) is 6.15. The second kappa shape index (κ2) is 6.86. The predicted octanol–water partition coefficient (Wildman–Crippen LogP) is 1.66. The van der Waals surface area contributed by atoms with Crippen LogP contribution in [0.1, 0.15) is 18.9 Å². The summed E-state index contributed by atoms with van der Waals surface area (Å²) >= 11 is 0. The van der Waals surface area contributed by atoms with E-state index in [-0.39, 0.29) is 18.9 Å². The molecule has 0 aliphatic heterocycles. The lowest BCUT2D eigenvalue weighted by Gasteiger charge is -2.23. The van der Waals surface area contributed by atoms with Crippen LogP contribution in [0.5, 0.6) is 0 Å². The Morgan fingerprint density at radius 3 is 2.68 bits per heavy atom. The molecule has 19 heavy (non-hydrogen) atoms. The third kappa shape index (κ3) is 4.04. The Morgan fingerprint density at radius 1 is 1.47 bits per heavy atom. The van der Waals surface area contributed by atoms with Gasteiger partial charge in [0.1, 0.15) is 0 Å². The first-order valence-corrected chi connectivity index (χ1v) is 5.91. The molecule has 1 atom stereocenters. The first-order valence-electron chi connectivity index (χ1n) is 5.91. The molecule has 0 aliphatic carbocycles. The minimum absolute atomic E-state index is 0.146. The number of nitrogens with two attached hydrogens (primary N) is 1. The maximum absolute atomic E-state index is 13.1. The zero-order valence-corrected chi connectivity index (χ0v) is 10.7. The Kier molecular flexibility index (Phi) is 5.46. The monoisotopic (exact) mass is 266 g/mol. The average molecular weight is 266 g/mol. The number of carbonyl (C=O) groups is 1. The van der Waals surface area contributed by atoms with Crippen molar-refractivity contribution in [2.24, 2.45) is 5.73 Å². The summed E-state index contributed by atoms with van der Waals surface area (Å²) in [4.78, 5) is 13.4. The van der Waals surface area contributed by atoms with Crippen LogP contribution in [0.4, 0.5) is 8.78 Å². The molecule has 3 nitrogen and oxygen atoms in total. The minimum Gasteiger partial charge on any atom is -0.337 e. The van der Waals surface area contributed by atoms with Gasteiger partial charge in [0.15, 0.2) is 11.6 Å². The highest BCUT2D eigenvalue weighted by molar-refractivity contribution is 5.81. The van der Waals surface area contributed by atoms with Crippen LogP contribution in [0.15, 0.2) is 18.2 Å². The maximum atomic E-state index is 13.1. The number of hydrogen-bond donors (Lipinski definition) is 1. The number of hydrogen-bond acceptors (Lipinski definition) is 2. The van der Waals surface area contributed by atoms with E-state index >= 15 is 0 Å². The summed E-state index contributed by atoms with van der Waals surface area (Å²) in [6.07, 6.45) is 5.25. The quantitative estimate of drug-likeness (QED) is 0.824. The van der Waals surface area contributed by atoms with E-state index in [1.165, 1.54) is 11.0 Å². The van der Waals surface area contributed by atoms with Crippen LogP contribution < -0.4 is 5.73 Å². The van der Waals surface area contributed by atoms with E-state index in [4.69, 9.17) is 12.2 Å². The van der Waals surface area contributed by atoms with E-state index in [0.717, 1.165) is 12.1 Å². The molecule has 1 unspecified atom stereocenters. The molecule has 0 saturated heterocycles. The van der Waals surface area contributed by atoms with Gasteiger partial charge in [0.2, 0.25) is 5.91 Å². The molecule has 0 fully saturated rings. The molecule has 1 aromatic rings. The van der Waals surface area contributed by atoms with Crippen molar-refractivity contribution in [3.05, 3.63) is 35.4 Å². The van der Waals surface area contributed by atoms with Crippen molar-refractivity contribution < 1.29 is 13.6 Å². The van der Waals surface area contributed by atoms with Gasteiger partial charge in [-0.3, -0.25) is 4.79 Å². The van der Waals surface area contributed by atoms with Crippen molar-refractivity contribution in [2.45, 2.75) is 25.9 Å². The lowest BCUT2D eigenvalue weighted by Crippen LogP contribution is -2.43. The summed E-state index contributed by atoms with van der Waals surface area (Å²) < 4.78 is 25.9. The van der Waals surface area contributed by atoms with E-state index in [1.807, 2.05) is 0 Å². The Hall–Kier alpha value is -1.93. The zero-order valence-electron chi connectivity index (χ0n) is 10.7. The largest absolute Gasteiger partial charge is 0.337 e. The number of benzene rings is 1. The van der Waals surface area contributed by atoms with E-state index in [2.05, 4.69) is 5.92 Å². The fourth-order valence-corrected chi connectivity index (χ4v) is 1.65. The second-order valence-corrected chi connectivity index (χ2v) is 4.12. The summed E-state index contributed by atoms with van der Waals surface area (Å²) in [5, 5.41) is 0. The Bertz CT molecular complexity index is 497. The van der Waals surface area contributed by atoms with Crippen LogP contribution in [-0.2, 0) is 11.3 Å². The third-order valence-electron chi connectivity index (χ3n) is 2.71. The minimum atomic E-state index is -0.936. The smallest absolute Gasteiger partial charge is 0.240 e. The molecule has 0 aromatic heterocycles. The van der Waals surface area contributed by atoms with E-state index in [9.17, 15) is 13.6 Å². The number of rotatable bonds is 5. The number of likely N-dealkylation sites (N-methyl/N-ethyl adjacent to an activating group) is 1. The lowest BCUT2D eigenvalue weighted by atomic mass is 10.1. The highest BCUT2D eigenvalue weighted by Crippen LogP contribution is 2.11. The fourth-order valence-electron chi connectivity index (χ4n) is 1.65. The molecular weight excluding hydrogens is 250 g/mol. The normalized spacial score (nSPS) is 11.7. The van der Waals surface area contributed by atoms with Crippen LogP contribution in [0.25, 0.3) is 0 Å². The molecular formula is C14H16F2N2O. The standard InChI is InChI=1S/C14H16F2N2O/c1-3-5-13(17)14(19)18(4-2)9-10-6-7-11(15)12(16)8-10/h1,6-8,13H,4-5,9,17H2,2H3. The van der Waals surface area contributed by atoms with E-state index in [1.54, 1.807) is 6.92 Å². The van der Waals surface area contributed by atoms with Crippen molar-refractivity contribution >= 4 is 5.91 Å². The third-order valence-corrected chi connectivity index (χ3v) is 2.71. The molecule has 1 amide bonds. The first-order chi connectivity index (χ1) is 8.99. The van der Waals surface area contributed by atoms with E-state index < -0.39 is 17.7 Å². The zero-order chi connectivity index (χ0) is 14.4. The molecule has 0 aliphatic rings. The summed E-state index contributed by atoms with van der Waals surface area (Å²) in [6.45, 7) is 2.36. The molecule has 102 valence electrons. The van der Waals surface area contributed by atoms with E-state index in [0.29, 0.717) is 12.1 Å². The van der Waals surface area contributed by atoms with Gasteiger partial charge in [0, 0.05) is 19.5 Å². The van der Waals surface area contributed by atoms with Gasteiger partial charge >= 0.3 is 0 Å². The van der Waals surface area contributed by atoms with Crippen molar-refractivity contribution in [3.63, 3.8) is 0 Å². The van der Waals surface area contributed by atoms with Gasteiger partial charge in [0.25, 0.3) is 0 Å². The highest BCUT2D eigenvalue weighted by atomic mass is 19.2. The van der Waals surface area contributed by atoms with Crippen molar-refractivity contribution in [2.75, 3.05) is 6.54 Å². The number of amides is 1. The molecule has 2 N–H and O–H groups in total. The number of terminal acetylenes is 1. The topological polar surface area (TPSA) is 46.3 Å². The maximum Gasteiger partial charge on any atom is 0.240 e. The van der Waals surface area contributed by atoms with Gasteiger partial charge in [0.05, 0.1) is 6.04 Å². The van der Waals surface area contributed by atoms with Crippen molar-refractivity contribution in [1.82, 2.24) is 4.90 Å². The Morgan fingerprint density at radius 2 is 2.16 bits per heavy atom. The van der Waals surface area contributed by atoms with Crippen LogP contribution in [0, 0.1) is 24.0 Å². The summed E-state index contributed by atoms with van der Waals surface area (Å²) in [6, 6.07) is 2.76. The molecule has 0 spiro atoms. The van der Waals surface area contributed by atoms with Crippen molar-refractivity contribution in [1.29, 1.82) is 0 Å². The van der Waals surface area contributed by atoms with Gasteiger partial charge in [-0.25, -0.2) is 8.78 Å². The fraction of sp³-hybridized carbons (Fsp3) is 0.357. The molecule has 0 saturated carbocycles. The molecule has 5 heteroatoms. The number of carbonyl (C=O) groups excluding carboxylic acids is 1. The van der Waals surface area contributed by atoms with Gasteiger partial charge in [-0.2, -0.15) is 0 Å². The predicted molar refractivity (Wildman–Crippen MR) is 68.9 cm³/mol. The molecule has 0 bridgehead atoms. The van der Waals surface area contributed by atoms with Gasteiger partial charge < -0.3 is 10.6 Å². The first kappa shape index (κ1) is 15.1. The van der Waals surface area contributed by atoms with Gasteiger partial charge in [-0.1, -0.05) is 6.07 Å².